The molecule has 2 amide bonds. The number of carbonyl (C=O) groups excluding carboxylic acids is 1. The molecule has 1 heterocycles. The Kier molecular flexibility index (Phi) is 7.71. The number of hydrogen-bond acceptors (Lipinski definition) is 3. The van der Waals surface area contributed by atoms with Crippen molar-refractivity contribution in [3.63, 3.8) is 0 Å². The van der Waals surface area contributed by atoms with Gasteiger partial charge in [0.15, 0.2) is 0 Å². The second-order valence-electron chi connectivity index (χ2n) is 7.15. The highest BCUT2D eigenvalue weighted by Gasteiger charge is 2.16. The summed E-state index contributed by atoms with van der Waals surface area (Å²) in [5, 5.41) is 3.72. The highest BCUT2D eigenvalue weighted by atomic mass is 35.5. The molecule has 1 aliphatic heterocycles. The monoisotopic (exact) mass is 401 g/mol. The van der Waals surface area contributed by atoms with Crippen molar-refractivity contribution in [2.45, 2.75) is 19.9 Å². The average molecular weight is 402 g/mol. The summed E-state index contributed by atoms with van der Waals surface area (Å²) >= 11 is 5.99. The Bertz CT molecular complexity index is 743. The molecule has 1 N–H and O–H groups in total. The van der Waals surface area contributed by atoms with Gasteiger partial charge in [0.25, 0.3) is 0 Å². The lowest BCUT2D eigenvalue weighted by Gasteiger charge is -2.28. The summed E-state index contributed by atoms with van der Waals surface area (Å²) < 4.78 is 5.40. The number of morpholine rings is 1. The molecule has 6 heteroatoms. The molecule has 1 saturated heterocycles. The van der Waals surface area contributed by atoms with Crippen LogP contribution < -0.4 is 5.32 Å². The fourth-order valence-corrected chi connectivity index (χ4v) is 3.34. The molecule has 0 saturated carbocycles. The molecule has 3 rings (SSSR count). The molecule has 150 valence electrons. The zero-order chi connectivity index (χ0) is 19.8. The van der Waals surface area contributed by atoms with Gasteiger partial charge in [0.05, 0.1) is 13.2 Å². The van der Waals surface area contributed by atoms with Crippen LogP contribution in [0.1, 0.15) is 17.5 Å². The fourth-order valence-electron chi connectivity index (χ4n) is 3.21. The van der Waals surface area contributed by atoms with E-state index in [0.717, 1.165) is 50.5 Å². The zero-order valence-electron chi connectivity index (χ0n) is 16.4. The maximum atomic E-state index is 12.9. The first kappa shape index (κ1) is 20.6. The number of nitrogens with one attached hydrogen (secondary N) is 1. The van der Waals surface area contributed by atoms with E-state index in [1.54, 1.807) is 0 Å². The van der Waals surface area contributed by atoms with Gasteiger partial charge >= 0.3 is 6.03 Å². The number of ether oxygens (including phenoxy) is 1. The number of urea groups is 1. The van der Waals surface area contributed by atoms with Crippen molar-refractivity contribution in [3.8, 4) is 0 Å². The van der Waals surface area contributed by atoms with Crippen molar-refractivity contribution >= 4 is 23.3 Å². The molecule has 1 fully saturated rings. The highest BCUT2D eigenvalue weighted by molar-refractivity contribution is 6.30. The van der Waals surface area contributed by atoms with E-state index in [2.05, 4.69) is 10.2 Å². The molecule has 2 aromatic rings. The first-order valence-electron chi connectivity index (χ1n) is 9.77. The fraction of sp³-hybridized carbons (Fsp3) is 0.409. The third-order valence-electron chi connectivity index (χ3n) is 4.88. The van der Waals surface area contributed by atoms with E-state index in [9.17, 15) is 4.79 Å². The van der Waals surface area contributed by atoms with Crippen LogP contribution in [0.4, 0.5) is 10.5 Å². The molecule has 0 radical (unpaired) electrons. The Labute approximate surface area is 172 Å². The standard InChI is InChI=1S/C22H28ClN3O2/c1-18-3-9-21(10-4-18)24-22(27)26(17-19-5-7-20(23)8-6-19)12-2-11-25-13-15-28-16-14-25/h3-10H,2,11-17H2,1H3,(H,24,27). The van der Waals surface area contributed by atoms with Gasteiger partial charge in [-0.2, -0.15) is 0 Å². The molecule has 28 heavy (non-hydrogen) atoms. The normalized spacial score (nSPS) is 14.6. The lowest BCUT2D eigenvalue weighted by atomic mass is 10.2. The third-order valence-corrected chi connectivity index (χ3v) is 5.13. The van der Waals surface area contributed by atoms with Gasteiger partial charge in [-0.15, -0.1) is 0 Å². The van der Waals surface area contributed by atoms with Gasteiger partial charge < -0.3 is 15.0 Å². The summed E-state index contributed by atoms with van der Waals surface area (Å²) in [7, 11) is 0. The van der Waals surface area contributed by atoms with E-state index in [-0.39, 0.29) is 6.03 Å². The van der Waals surface area contributed by atoms with Crippen LogP contribution in [-0.2, 0) is 11.3 Å². The summed E-state index contributed by atoms with van der Waals surface area (Å²) in [6.45, 7) is 7.77. The van der Waals surface area contributed by atoms with Crippen LogP contribution in [0.3, 0.4) is 0 Å². The lowest BCUT2D eigenvalue weighted by molar-refractivity contribution is 0.0365. The van der Waals surface area contributed by atoms with Crippen LogP contribution in [0.2, 0.25) is 5.02 Å². The van der Waals surface area contributed by atoms with E-state index >= 15 is 0 Å². The number of anilines is 1. The molecule has 1 aliphatic rings. The van der Waals surface area contributed by atoms with Crippen LogP contribution in [0, 0.1) is 6.92 Å². The van der Waals surface area contributed by atoms with Crippen LogP contribution in [0.15, 0.2) is 48.5 Å². The van der Waals surface area contributed by atoms with E-state index in [1.807, 2.05) is 60.4 Å². The topological polar surface area (TPSA) is 44.8 Å². The molecule has 0 atom stereocenters. The molecule has 2 aromatic carbocycles. The van der Waals surface area contributed by atoms with Gasteiger partial charge in [0.1, 0.15) is 0 Å². The second kappa shape index (κ2) is 10.5. The number of hydrogen-bond donors (Lipinski definition) is 1. The van der Waals surface area contributed by atoms with Crippen LogP contribution in [0.5, 0.6) is 0 Å². The predicted octanol–water partition coefficient (Wildman–Crippen LogP) is 4.40. The number of carbonyl (C=O) groups is 1. The van der Waals surface area contributed by atoms with Crippen LogP contribution in [0.25, 0.3) is 0 Å². The van der Waals surface area contributed by atoms with Gasteiger partial charge in [-0.3, -0.25) is 4.90 Å². The molecule has 5 nitrogen and oxygen atoms in total. The number of nitrogens with zero attached hydrogens (tertiary/aromatic N) is 2. The van der Waals surface area contributed by atoms with E-state index in [4.69, 9.17) is 16.3 Å². The van der Waals surface area contributed by atoms with Gasteiger partial charge in [0, 0.05) is 43.4 Å². The predicted molar refractivity (Wildman–Crippen MR) is 114 cm³/mol. The van der Waals surface area contributed by atoms with Gasteiger partial charge in [-0.05, 0) is 43.2 Å². The summed E-state index contributed by atoms with van der Waals surface area (Å²) in [4.78, 5) is 17.2. The molecular formula is C22H28ClN3O2. The number of aryl methyl sites for hydroxylation is 1. The molecular weight excluding hydrogens is 374 g/mol. The van der Waals surface area contributed by atoms with E-state index in [0.29, 0.717) is 18.1 Å². The molecule has 0 bridgehead atoms. The molecule has 0 aliphatic carbocycles. The van der Waals surface area contributed by atoms with Crippen molar-refractivity contribution in [2.24, 2.45) is 0 Å². The summed E-state index contributed by atoms with van der Waals surface area (Å²) in [6.07, 6.45) is 0.926. The minimum atomic E-state index is -0.0826. The quantitative estimate of drug-likeness (QED) is 0.747. The zero-order valence-corrected chi connectivity index (χ0v) is 17.1. The van der Waals surface area contributed by atoms with E-state index in [1.165, 1.54) is 5.56 Å². The average Bonchev–Trinajstić information content (AvgIpc) is 2.71. The number of halogens is 1. The van der Waals surface area contributed by atoms with Crippen molar-refractivity contribution in [1.82, 2.24) is 9.80 Å². The lowest BCUT2D eigenvalue weighted by Crippen LogP contribution is -2.40. The Morgan fingerprint density at radius 2 is 1.79 bits per heavy atom. The molecule has 0 aromatic heterocycles. The minimum Gasteiger partial charge on any atom is -0.379 e. The van der Waals surface area contributed by atoms with Crippen molar-refractivity contribution < 1.29 is 9.53 Å². The van der Waals surface area contributed by atoms with Gasteiger partial charge in [0.2, 0.25) is 0 Å². The highest BCUT2D eigenvalue weighted by Crippen LogP contribution is 2.14. The third kappa shape index (κ3) is 6.51. The number of benzene rings is 2. The smallest absolute Gasteiger partial charge is 0.322 e. The second-order valence-corrected chi connectivity index (χ2v) is 7.59. The van der Waals surface area contributed by atoms with Gasteiger partial charge in [-0.1, -0.05) is 41.4 Å². The summed E-state index contributed by atoms with van der Waals surface area (Å²) in [5.74, 6) is 0. The largest absolute Gasteiger partial charge is 0.379 e. The molecule has 0 spiro atoms. The Hall–Kier alpha value is -2.08. The molecule has 0 unspecified atom stereocenters. The van der Waals surface area contributed by atoms with Crippen molar-refractivity contribution in [2.75, 3.05) is 44.7 Å². The summed E-state index contributed by atoms with van der Waals surface area (Å²) in [5.41, 5.74) is 3.04. The maximum absolute atomic E-state index is 12.9. The SMILES string of the molecule is Cc1ccc(NC(=O)N(CCCN2CCOCC2)Cc2ccc(Cl)cc2)cc1. The van der Waals surface area contributed by atoms with Gasteiger partial charge in [-0.25, -0.2) is 4.79 Å². The number of rotatable bonds is 7. The Morgan fingerprint density at radius 1 is 1.11 bits per heavy atom. The van der Waals surface area contributed by atoms with Crippen LogP contribution in [-0.4, -0.2) is 55.2 Å². The Morgan fingerprint density at radius 3 is 2.46 bits per heavy atom. The Balaban J connectivity index is 1.61. The van der Waals surface area contributed by atoms with Crippen molar-refractivity contribution in [1.29, 1.82) is 0 Å². The van der Waals surface area contributed by atoms with E-state index < -0.39 is 0 Å². The van der Waals surface area contributed by atoms with Crippen LogP contribution >= 0.6 is 11.6 Å². The number of amides is 2. The maximum Gasteiger partial charge on any atom is 0.322 e. The van der Waals surface area contributed by atoms with Crippen molar-refractivity contribution in [3.05, 3.63) is 64.7 Å². The first-order valence-corrected chi connectivity index (χ1v) is 10.1. The summed E-state index contributed by atoms with van der Waals surface area (Å²) in [6, 6.07) is 15.4. The first-order chi connectivity index (χ1) is 13.6. The minimum absolute atomic E-state index is 0.0826.